The standard InChI is InChI=1S/C14H16BFO2/c1-6-10-7-11(9-12(16)8-10)15-17-13(2,3)14(4,5)18-15/h1,7-9H,2-5H3. The fourth-order valence-electron chi connectivity index (χ4n) is 1.81. The summed E-state index contributed by atoms with van der Waals surface area (Å²) in [7, 11) is -0.585. The Labute approximate surface area is 108 Å². The van der Waals surface area contributed by atoms with Crippen molar-refractivity contribution in [3.05, 3.63) is 29.6 Å². The third kappa shape index (κ3) is 2.16. The zero-order valence-corrected chi connectivity index (χ0v) is 11.1. The Balaban J connectivity index is 2.36. The highest BCUT2D eigenvalue weighted by atomic mass is 19.1. The van der Waals surface area contributed by atoms with E-state index in [1.54, 1.807) is 6.07 Å². The SMILES string of the molecule is C#Cc1cc(F)cc(B2OC(C)(C)C(C)(C)O2)c1. The van der Waals surface area contributed by atoms with Gasteiger partial charge in [0, 0.05) is 5.56 Å². The van der Waals surface area contributed by atoms with Crippen LogP contribution in [-0.2, 0) is 9.31 Å². The monoisotopic (exact) mass is 246 g/mol. The summed E-state index contributed by atoms with van der Waals surface area (Å²) in [6.07, 6.45) is 5.29. The molecule has 0 spiro atoms. The highest BCUT2D eigenvalue weighted by molar-refractivity contribution is 6.62. The number of hydrogen-bond donors (Lipinski definition) is 0. The second kappa shape index (κ2) is 4.12. The maximum absolute atomic E-state index is 13.4. The second-order valence-corrected chi connectivity index (χ2v) is 5.51. The fourth-order valence-corrected chi connectivity index (χ4v) is 1.81. The molecule has 1 aliphatic rings. The smallest absolute Gasteiger partial charge is 0.399 e. The van der Waals surface area contributed by atoms with Crippen LogP contribution in [0.2, 0.25) is 0 Å². The van der Waals surface area contributed by atoms with Gasteiger partial charge in [-0.2, -0.15) is 0 Å². The molecule has 1 aromatic carbocycles. The molecular formula is C14H16BFO2. The predicted molar refractivity (Wildman–Crippen MR) is 70.1 cm³/mol. The third-order valence-electron chi connectivity index (χ3n) is 3.61. The van der Waals surface area contributed by atoms with Crippen molar-refractivity contribution in [2.24, 2.45) is 0 Å². The highest BCUT2D eigenvalue weighted by Crippen LogP contribution is 2.36. The van der Waals surface area contributed by atoms with E-state index in [1.807, 2.05) is 27.7 Å². The Bertz CT molecular complexity index is 501. The number of rotatable bonds is 1. The van der Waals surface area contributed by atoms with E-state index < -0.39 is 18.3 Å². The maximum Gasteiger partial charge on any atom is 0.494 e. The van der Waals surface area contributed by atoms with Gasteiger partial charge in [-0.25, -0.2) is 4.39 Å². The van der Waals surface area contributed by atoms with E-state index in [-0.39, 0.29) is 5.82 Å². The Morgan fingerprint density at radius 1 is 1.11 bits per heavy atom. The van der Waals surface area contributed by atoms with Crippen molar-refractivity contribution in [1.82, 2.24) is 0 Å². The Morgan fingerprint density at radius 2 is 1.67 bits per heavy atom. The summed E-state index contributed by atoms with van der Waals surface area (Å²) in [6, 6.07) is 4.42. The number of benzene rings is 1. The third-order valence-corrected chi connectivity index (χ3v) is 3.61. The molecule has 0 N–H and O–H groups in total. The van der Waals surface area contributed by atoms with Gasteiger partial charge in [0.1, 0.15) is 5.82 Å². The van der Waals surface area contributed by atoms with Gasteiger partial charge in [-0.15, -0.1) is 6.42 Å². The number of terminal acetylenes is 1. The average molecular weight is 246 g/mol. The molecule has 4 heteroatoms. The van der Waals surface area contributed by atoms with Gasteiger partial charge in [0.05, 0.1) is 11.2 Å². The zero-order valence-electron chi connectivity index (χ0n) is 11.1. The molecule has 1 fully saturated rings. The van der Waals surface area contributed by atoms with Crippen LogP contribution in [0.15, 0.2) is 18.2 Å². The minimum Gasteiger partial charge on any atom is -0.399 e. The molecule has 1 heterocycles. The molecule has 0 aliphatic carbocycles. The van der Waals surface area contributed by atoms with Gasteiger partial charge < -0.3 is 9.31 Å². The Hall–Kier alpha value is -1.31. The lowest BCUT2D eigenvalue weighted by Crippen LogP contribution is -2.41. The van der Waals surface area contributed by atoms with Crippen LogP contribution in [0.3, 0.4) is 0 Å². The fraction of sp³-hybridized carbons (Fsp3) is 0.429. The summed E-state index contributed by atoms with van der Waals surface area (Å²) in [6.45, 7) is 7.81. The van der Waals surface area contributed by atoms with Crippen LogP contribution in [0.5, 0.6) is 0 Å². The lowest BCUT2D eigenvalue weighted by atomic mass is 9.78. The van der Waals surface area contributed by atoms with Crippen molar-refractivity contribution in [3.8, 4) is 12.3 Å². The van der Waals surface area contributed by atoms with Crippen molar-refractivity contribution in [2.45, 2.75) is 38.9 Å². The summed E-state index contributed by atoms with van der Waals surface area (Å²) >= 11 is 0. The summed E-state index contributed by atoms with van der Waals surface area (Å²) < 4.78 is 25.1. The first-order valence-electron chi connectivity index (χ1n) is 5.88. The second-order valence-electron chi connectivity index (χ2n) is 5.51. The van der Waals surface area contributed by atoms with E-state index in [9.17, 15) is 4.39 Å². The van der Waals surface area contributed by atoms with Crippen LogP contribution in [0.4, 0.5) is 4.39 Å². The van der Waals surface area contributed by atoms with Gasteiger partial charge in [-0.3, -0.25) is 0 Å². The first-order valence-corrected chi connectivity index (χ1v) is 5.88. The van der Waals surface area contributed by atoms with Crippen LogP contribution in [0, 0.1) is 18.2 Å². The van der Waals surface area contributed by atoms with E-state index in [0.717, 1.165) is 0 Å². The average Bonchev–Trinajstić information content (AvgIpc) is 2.47. The molecule has 0 bridgehead atoms. The Kier molecular flexibility index (Phi) is 3.00. The quantitative estimate of drug-likeness (QED) is 0.558. The van der Waals surface area contributed by atoms with Crippen molar-refractivity contribution in [2.75, 3.05) is 0 Å². The molecule has 0 amide bonds. The number of halogens is 1. The highest BCUT2D eigenvalue weighted by Gasteiger charge is 2.51. The molecule has 1 aliphatic heterocycles. The maximum atomic E-state index is 13.4. The molecular weight excluding hydrogens is 230 g/mol. The molecule has 0 radical (unpaired) electrons. The summed E-state index contributed by atoms with van der Waals surface area (Å²) in [4.78, 5) is 0. The lowest BCUT2D eigenvalue weighted by molar-refractivity contribution is 0.00578. The molecule has 18 heavy (non-hydrogen) atoms. The van der Waals surface area contributed by atoms with Crippen LogP contribution < -0.4 is 5.46 Å². The van der Waals surface area contributed by atoms with Crippen LogP contribution >= 0.6 is 0 Å². The van der Waals surface area contributed by atoms with Crippen molar-refractivity contribution < 1.29 is 13.7 Å². The van der Waals surface area contributed by atoms with Crippen molar-refractivity contribution in [1.29, 1.82) is 0 Å². The topological polar surface area (TPSA) is 18.5 Å². The first kappa shape index (κ1) is 13.1. The van der Waals surface area contributed by atoms with Crippen molar-refractivity contribution in [3.63, 3.8) is 0 Å². The van der Waals surface area contributed by atoms with Crippen molar-refractivity contribution >= 4 is 12.6 Å². The van der Waals surface area contributed by atoms with Gasteiger partial charge >= 0.3 is 7.12 Å². The first-order chi connectivity index (χ1) is 8.25. The van der Waals surface area contributed by atoms with E-state index in [2.05, 4.69) is 5.92 Å². The molecule has 1 saturated heterocycles. The van der Waals surface area contributed by atoms with Gasteiger partial charge in [0.25, 0.3) is 0 Å². The van der Waals surface area contributed by atoms with E-state index >= 15 is 0 Å². The van der Waals surface area contributed by atoms with E-state index in [4.69, 9.17) is 15.7 Å². The van der Waals surface area contributed by atoms with Gasteiger partial charge in [-0.1, -0.05) is 5.92 Å². The molecule has 1 aromatic rings. The molecule has 0 unspecified atom stereocenters. The molecule has 0 saturated carbocycles. The number of hydrogen-bond acceptors (Lipinski definition) is 2. The van der Waals surface area contributed by atoms with Gasteiger partial charge in [0.2, 0.25) is 0 Å². The van der Waals surface area contributed by atoms with Crippen LogP contribution in [-0.4, -0.2) is 18.3 Å². The normalized spacial score (nSPS) is 20.8. The largest absolute Gasteiger partial charge is 0.494 e. The predicted octanol–water partition coefficient (Wildman–Crippen LogP) is 2.11. The van der Waals surface area contributed by atoms with Gasteiger partial charge in [0.15, 0.2) is 0 Å². The summed E-state index contributed by atoms with van der Waals surface area (Å²) in [5, 5.41) is 0. The molecule has 2 nitrogen and oxygen atoms in total. The molecule has 2 rings (SSSR count). The lowest BCUT2D eigenvalue weighted by Gasteiger charge is -2.32. The molecule has 0 atom stereocenters. The molecule has 0 aromatic heterocycles. The minimum atomic E-state index is -0.585. The molecule has 94 valence electrons. The summed E-state index contributed by atoms with van der Waals surface area (Å²) in [5.74, 6) is 2.04. The van der Waals surface area contributed by atoms with E-state index in [0.29, 0.717) is 11.0 Å². The minimum absolute atomic E-state index is 0.379. The van der Waals surface area contributed by atoms with E-state index in [1.165, 1.54) is 12.1 Å². The zero-order chi connectivity index (χ0) is 13.6. The Morgan fingerprint density at radius 3 is 2.17 bits per heavy atom. The van der Waals surface area contributed by atoms with Crippen LogP contribution in [0.1, 0.15) is 33.3 Å². The summed E-state index contributed by atoms with van der Waals surface area (Å²) in [5.41, 5.74) is 0.210. The van der Waals surface area contributed by atoms with Crippen LogP contribution in [0.25, 0.3) is 0 Å². The van der Waals surface area contributed by atoms with Gasteiger partial charge in [-0.05, 0) is 51.4 Å².